The third kappa shape index (κ3) is 6.17. The number of hydrogen-bond donors (Lipinski definition) is 0. The topological polar surface area (TPSA) is 66.9 Å². The van der Waals surface area contributed by atoms with Crippen LogP contribution in [0.25, 0.3) is 0 Å². The second-order valence-corrected chi connectivity index (χ2v) is 14.7. The molecule has 9 heteroatoms. The molecule has 1 atom stereocenters. The highest BCUT2D eigenvalue weighted by molar-refractivity contribution is 6.80. The second-order valence-electron chi connectivity index (χ2n) is 11.6. The van der Waals surface area contributed by atoms with Crippen molar-refractivity contribution in [2.24, 2.45) is 5.41 Å². The Bertz CT molecular complexity index is 1600. The monoisotopic (exact) mass is 630 g/mol. The minimum absolute atomic E-state index is 0.277. The molecular weight excluding hydrogens is 599 g/mol. The number of carbonyl (C=O) groups excluding carboxylic acids is 3. The first-order valence-corrected chi connectivity index (χ1v) is 16.3. The van der Waals surface area contributed by atoms with Crippen LogP contribution in [-0.2, 0) is 9.22 Å². The summed E-state index contributed by atoms with van der Waals surface area (Å²) < 4.78 is 7.07. The number of rotatable bonds is 8. The molecule has 0 aromatic heterocycles. The van der Waals surface area contributed by atoms with E-state index < -0.39 is 44.8 Å². The van der Waals surface area contributed by atoms with E-state index in [-0.39, 0.29) is 16.1 Å². The minimum atomic E-state index is -2.22. The van der Waals surface area contributed by atoms with E-state index in [2.05, 4.69) is 45.0 Å². The number of hydrogen-bond acceptors (Lipinski definition) is 4. The molecule has 3 amide bonds. The first-order valence-electron chi connectivity index (χ1n) is 13.9. The normalized spacial score (nSPS) is 13.8. The van der Waals surface area contributed by atoms with Crippen LogP contribution in [0.1, 0.15) is 53.2 Å². The maximum atomic E-state index is 13.5. The molecule has 0 radical (unpaired) electrons. The van der Waals surface area contributed by atoms with Crippen molar-refractivity contribution in [1.82, 2.24) is 4.90 Å². The summed E-state index contributed by atoms with van der Waals surface area (Å²) in [4.78, 5) is 41.6. The number of imide groups is 1. The summed E-state index contributed by atoms with van der Waals surface area (Å²) in [6, 6.07) is 30.2. The zero-order valence-corrected chi connectivity index (χ0v) is 27.0. The quantitative estimate of drug-likeness (QED) is 0.180. The summed E-state index contributed by atoms with van der Waals surface area (Å²) in [5.41, 5.74) is 1.13. The van der Waals surface area contributed by atoms with Gasteiger partial charge in [0.2, 0.25) is 14.9 Å². The van der Waals surface area contributed by atoms with Crippen LogP contribution < -0.4 is 15.3 Å². The second kappa shape index (κ2) is 12.5. The Balaban J connectivity index is 1.48. The number of carbonyl (C=O) groups is 3. The van der Waals surface area contributed by atoms with Crippen molar-refractivity contribution in [3.63, 3.8) is 0 Å². The largest absolute Gasteiger partial charge is 0.403 e. The Kier molecular flexibility index (Phi) is 8.90. The number of anilines is 1. The number of halogens is 2. The fourth-order valence-electron chi connectivity index (χ4n) is 5.26. The summed E-state index contributed by atoms with van der Waals surface area (Å²) in [7, 11) is -0.656. The van der Waals surface area contributed by atoms with Crippen molar-refractivity contribution < 1.29 is 18.8 Å². The van der Waals surface area contributed by atoms with Crippen molar-refractivity contribution >= 4 is 66.0 Å². The van der Waals surface area contributed by atoms with Gasteiger partial charge in [-0.15, -0.1) is 0 Å². The van der Waals surface area contributed by atoms with Gasteiger partial charge in [-0.1, -0.05) is 117 Å². The SMILES string of the molecule is CN(C(=O)CN1C(=O)c2ccccc2C1=O)c1ccc(Cl)c(C(O[SiH](c2ccccc2)c2ccccc2)C(C)(C)C)c1Cl. The highest BCUT2D eigenvalue weighted by atomic mass is 35.5. The van der Waals surface area contributed by atoms with Gasteiger partial charge in [-0.2, -0.15) is 0 Å². The lowest BCUT2D eigenvalue weighted by atomic mass is 9.84. The van der Waals surface area contributed by atoms with E-state index in [1.165, 1.54) is 4.90 Å². The van der Waals surface area contributed by atoms with Gasteiger partial charge >= 0.3 is 0 Å². The predicted molar refractivity (Wildman–Crippen MR) is 174 cm³/mol. The van der Waals surface area contributed by atoms with Crippen LogP contribution in [0.15, 0.2) is 97.1 Å². The Labute approximate surface area is 263 Å². The molecule has 6 nitrogen and oxygen atoms in total. The van der Waals surface area contributed by atoms with Gasteiger partial charge in [-0.05, 0) is 40.1 Å². The number of benzene rings is 4. The summed E-state index contributed by atoms with van der Waals surface area (Å²) in [6.07, 6.45) is -0.524. The summed E-state index contributed by atoms with van der Waals surface area (Å²) in [5, 5.41) is 2.92. The van der Waals surface area contributed by atoms with Gasteiger partial charge in [-0.25, -0.2) is 0 Å². The van der Waals surface area contributed by atoms with Crippen LogP contribution in [0.2, 0.25) is 10.0 Å². The molecular formula is C34H32Cl2N2O4Si. The van der Waals surface area contributed by atoms with Crippen LogP contribution in [0.5, 0.6) is 0 Å². The summed E-state index contributed by atoms with van der Waals surface area (Å²) >= 11 is 13.9. The average molecular weight is 632 g/mol. The molecule has 0 N–H and O–H groups in total. The lowest BCUT2D eigenvalue weighted by Gasteiger charge is -2.36. The van der Waals surface area contributed by atoms with E-state index in [1.807, 2.05) is 36.4 Å². The predicted octanol–water partition coefficient (Wildman–Crippen LogP) is 5.89. The molecule has 0 saturated heterocycles. The Morgan fingerprint density at radius 1 is 0.814 bits per heavy atom. The summed E-state index contributed by atoms with van der Waals surface area (Å²) in [6.45, 7) is 5.77. The maximum Gasteiger partial charge on any atom is 0.262 e. The first-order chi connectivity index (χ1) is 20.5. The molecule has 220 valence electrons. The van der Waals surface area contributed by atoms with E-state index in [0.29, 0.717) is 16.3 Å². The standard InChI is InChI=1S/C34H32Cl2N2O4Si/c1-34(2,3)31(42-43(22-13-7-5-8-14-22)23-15-9-6-10-16-23)29-26(35)19-20-27(30(29)36)37(4)28(39)21-38-32(40)24-17-11-12-18-25(24)33(38)41/h5-20,31,43H,21H2,1-4H3. The third-order valence-corrected chi connectivity index (χ3v) is 10.8. The van der Waals surface area contributed by atoms with E-state index in [0.717, 1.165) is 15.3 Å². The molecule has 0 bridgehead atoms. The molecule has 0 spiro atoms. The fourth-order valence-corrected chi connectivity index (χ4v) is 8.62. The Hall–Kier alpha value is -3.75. The zero-order valence-electron chi connectivity index (χ0n) is 24.4. The number of likely N-dealkylation sites (N-methyl/N-ethyl adjacent to an activating group) is 1. The highest BCUT2D eigenvalue weighted by Crippen LogP contribution is 2.46. The average Bonchev–Trinajstić information content (AvgIpc) is 3.23. The van der Waals surface area contributed by atoms with Crippen LogP contribution in [0.3, 0.4) is 0 Å². The molecule has 4 aromatic carbocycles. The van der Waals surface area contributed by atoms with E-state index >= 15 is 0 Å². The molecule has 1 heterocycles. The number of fused-ring (bicyclic) bond motifs is 1. The van der Waals surface area contributed by atoms with Gasteiger partial charge in [0.1, 0.15) is 6.54 Å². The van der Waals surface area contributed by atoms with Gasteiger partial charge in [0, 0.05) is 17.6 Å². The minimum Gasteiger partial charge on any atom is -0.403 e. The smallest absolute Gasteiger partial charge is 0.262 e. The molecule has 4 aromatic rings. The lowest BCUT2D eigenvalue weighted by Crippen LogP contribution is -2.47. The van der Waals surface area contributed by atoms with Gasteiger partial charge in [0.15, 0.2) is 0 Å². The molecule has 1 aliphatic heterocycles. The molecule has 0 saturated carbocycles. The maximum absolute atomic E-state index is 13.5. The van der Waals surface area contributed by atoms with Gasteiger partial charge in [0.25, 0.3) is 11.8 Å². The van der Waals surface area contributed by atoms with Crippen molar-refractivity contribution in [2.45, 2.75) is 26.9 Å². The third-order valence-electron chi connectivity index (χ3n) is 7.54. The molecule has 1 aliphatic rings. The number of nitrogens with zero attached hydrogens (tertiary/aromatic N) is 2. The van der Waals surface area contributed by atoms with Gasteiger partial charge < -0.3 is 9.33 Å². The molecule has 5 rings (SSSR count). The Morgan fingerprint density at radius 3 is 1.79 bits per heavy atom. The van der Waals surface area contributed by atoms with Crippen molar-refractivity contribution in [2.75, 3.05) is 18.5 Å². The molecule has 0 fully saturated rings. The van der Waals surface area contributed by atoms with E-state index in [4.69, 9.17) is 27.6 Å². The highest BCUT2D eigenvalue weighted by Gasteiger charge is 2.38. The van der Waals surface area contributed by atoms with Gasteiger partial charge in [-0.3, -0.25) is 19.3 Å². The summed E-state index contributed by atoms with van der Waals surface area (Å²) in [5.74, 6) is -1.47. The van der Waals surface area contributed by atoms with E-state index in [9.17, 15) is 14.4 Å². The van der Waals surface area contributed by atoms with Crippen LogP contribution >= 0.6 is 23.2 Å². The van der Waals surface area contributed by atoms with Crippen molar-refractivity contribution in [3.8, 4) is 0 Å². The molecule has 43 heavy (non-hydrogen) atoms. The van der Waals surface area contributed by atoms with E-state index in [1.54, 1.807) is 43.4 Å². The van der Waals surface area contributed by atoms with Crippen molar-refractivity contribution in [3.05, 3.63) is 124 Å². The lowest BCUT2D eigenvalue weighted by molar-refractivity contribution is -0.118. The molecule has 0 aliphatic carbocycles. The van der Waals surface area contributed by atoms with Crippen LogP contribution in [0, 0.1) is 5.41 Å². The Morgan fingerprint density at radius 2 is 1.30 bits per heavy atom. The molecule has 1 unspecified atom stereocenters. The zero-order chi connectivity index (χ0) is 30.9. The number of amides is 3. The first kappa shape index (κ1) is 30.7. The van der Waals surface area contributed by atoms with Gasteiger partial charge in [0.05, 0.1) is 27.9 Å². The van der Waals surface area contributed by atoms with Crippen LogP contribution in [-0.4, -0.2) is 45.3 Å². The van der Waals surface area contributed by atoms with Crippen LogP contribution in [0.4, 0.5) is 5.69 Å². The fraction of sp³-hybridized carbons (Fsp3) is 0.206. The van der Waals surface area contributed by atoms with Crippen molar-refractivity contribution in [1.29, 1.82) is 0 Å².